The number of rotatable bonds is 10. The van der Waals surface area contributed by atoms with Crippen molar-refractivity contribution >= 4 is 19.9 Å². The summed E-state index contributed by atoms with van der Waals surface area (Å²) in [5.74, 6) is 0.536. The van der Waals surface area contributed by atoms with Crippen LogP contribution in [0.3, 0.4) is 0 Å². The van der Waals surface area contributed by atoms with Crippen molar-refractivity contribution in [1.82, 2.24) is 5.32 Å². The van der Waals surface area contributed by atoms with Crippen molar-refractivity contribution in [3.63, 3.8) is 0 Å². The number of aliphatic hydroxyl groups is 1. The molecular formula is C18H22ClNNaO5P. The molecule has 6 nitrogen and oxygen atoms in total. The number of ether oxygens (including phenoxy) is 1. The Morgan fingerprint density at radius 3 is 2.59 bits per heavy atom. The summed E-state index contributed by atoms with van der Waals surface area (Å²) in [4.78, 5) is 10.3. The van der Waals surface area contributed by atoms with Crippen LogP contribution >= 0.6 is 19.9 Å². The van der Waals surface area contributed by atoms with Crippen LogP contribution in [-0.4, -0.2) is 24.5 Å². The SMILES string of the molecule is CC(Cc1ccc(OCO[PH](=O)[O-])cc1)NCC(O)c1cccc(Cl)c1.[Na+]. The first-order valence-electron chi connectivity index (χ1n) is 8.16. The molecule has 0 aliphatic carbocycles. The Bertz CT molecular complexity index is 719. The van der Waals surface area contributed by atoms with Crippen LogP contribution in [0, 0.1) is 0 Å². The van der Waals surface area contributed by atoms with E-state index in [0.717, 1.165) is 17.5 Å². The van der Waals surface area contributed by atoms with Crippen LogP contribution in [0.1, 0.15) is 24.2 Å². The van der Waals surface area contributed by atoms with E-state index in [1.165, 1.54) is 0 Å². The first kappa shape index (κ1) is 24.6. The molecule has 0 aliphatic rings. The minimum atomic E-state index is -3.22. The second kappa shape index (κ2) is 12.9. The molecule has 0 amide bonds. The van der Waals surface area contributed by atoms with Crippen molar-refractivity contribution in [2.75, 3.05) is 13.3 Å². The molecule has 0 aromatic heterocycles. The van der Waals surface area contributed by atoms with Crippen molar-refractivity contribution in [2.45, 2.75) is 25.5 Å². The number of hydrogen-bond acceptors (Lipinski definition) is 6. The molecule has 2 N–H and O–H groups in total. The molecule has 0 aliphatic heterocycles. The number of benzene rings is 2. The minimum Gasteiger partial charge on any atom is -0.781 e. The van der Waals surface area contributed by atoms with Crippen molar-refractivity contribution in [3.05, 3.63) is 64.7 Å². The van der Waals surface area contributed by atoms with Crippen LogP contribution in [0.25, 0.3) is 0 Å². The Hall–Kier alpha value is -0.400. The zero-order valence-electron chi connectivity index (χ0n) is 15.4. The van der Waals surface area contributed by atoms with Crippen molar-refractivity contribution in [1.29, 1.82) is 0 Å². The monoisotopic (exact) mass is 421 g/mol. The summed E-state index contributed by atoms with van der Waals surface area (Å²) in [6.45, 7) is 2.14. The molecule has 9 heteroatoms. The van der Waals surface area contributed by atoms with Gasteiger partial charge in [0.15, 0.2) is 6.79 Å². The molecule has 2 aromatic carbocycles. The van der Waals surface area contributed by atoms with E-state index >= 15 is 0 Å². The summed E-state index contributed by atoms with van der Waals surface area (Å²) in [7, 11) is -3.22. The third-order valence-corrected chi connectivity index (χ3v) is 4.35. The van der Waals surface area contributed by atoms with Gasteiger partial charge in [-0.3, -0.25) is 0 Å². The van der Waals surface area contributed by atoms with E-state index in [2.05, 4.69) is 9.84 Å². The van der Waals surface area contributed by atoms with E-state index in [-0.39, 0.29) is 42.4 Å². The minimum absolute atomic E-state index is 0. The Balaban J connectivity index is 0.00000364. The van der Waals surface area contributed by atoms with Crippen LogP contribution in [-0.2, 0) is 15.5 Å². The maximum absolute atomic E-state index is 10.3. The van der Waals surface area contributed by atoms with Gasteiger partial charge in [0, 0.05) is 17.6 Å². The topological polar surface area (TPSA) is 90.9 Å². The van der Waals surface area contributed by atoms with Gasteiger partial charge in [0.2, 0.25) is 0 Å². The van der Waals surface area contributed by atoms with Crippen molar-refractivity contribution in [3.8, 4) is 5.75 Å². The van der Waals surface area contributed by atoms with Gasteiger partial charge in [-0.15, -0.1) is 0 Å². The first-order chi connectivity index (χ1) is 12.4. The predicted octanol–water partition coefficient (Wildman–Crippen LogP) is -0.299. The van der Waals surface area contributed by atoms with E-state index < -0.39 is 14.4 Å². The Kier molecular flexibility index (Phi) is 11.8. The van der Waals surface area contributed by atoms with Crippen molar-refractivity contribution < 1.29 is 53.4 Å². The van der Waals surface area contributed by atoms with Gasteiger partial charge in [-0.2, -0.15) is 0 Å². The van der Waals surface area contributed by atoms with Gasteiger partial charge in [0.05, 0.1) is 6.10 Å². The van der Waals surface area contributed by atoms with E-state index in [1.54, 1.807) is 24.3 Å². The summed E-state index contributed by atoms with van der Waals surface area (Å²) in [5.41, 5.74) is 1.87. The molecule has 2 rings (SSSR count). The number of hydrogen-bond donors (Lipinski definition) is 2. The first-order valence-corrected chi connectivity index (χ1v) is 9.76. The molecule has 0 radical (unpaired) electrons. The van der Waals surface area contributed by atoms with E-state index in [9.17, 15) is 14.6 Å². The molecule has 2 aromatic rings. The summed E-state index contributed by atoms with van der Waals surface area (Å²) < 4.78 is 19.8. The third kappa shape index (κ3) is 9.57. The maximum atomic E-state index is 10.3. The van der Waals surface area contributed by atoms with E-state index in [0.29, 0.717) is 17.3 Å². The summed E-state index contributed by atoms with van der Waals surface area (Å²) in [5, 5.41) is 14.1. The third-order valence-electron chi connectivity index (χ3n) is 3.76. The molecule has 0 saturated heterocycles. The van der Waals surface area contributed by atoms with Gasteiger partial charge in [-0.1, -0.05) is 35.9 Å². The summed E-state index contributed by atoms with van der Waals surface area (Å²) in [6.07, 6.45) is 0.146. The van der Waals surface area contributed by atoms with Crippen LogP contribution < -0.4 is 44.5 Å². The fraction of sp³-hybridized carbons (Fsp3) is 0.333. The Morgan fingerprint density at radius 1 is 1.26 bits per heavy atom. The van der Waals surface area contributed by atoms with Crippen LogP contribution in [0.15, 0.2) is 48.5 Å². The second-order valence-corrected chi connectivity index (χ2v) is 7.11. The summed E-state index contributed by atoms with van der Waals surface area (Å²) >= 11 is 5.94. The average molecular weight is 422 g/mol. The summed E-state index contributed by atoms with van der Waals surface area (Å²) in [6, 6.07) is 14.7. The zero-order valence-corrected chi connectivity index (χ0v) is 19.1. The average Bonchev–Trinajstić information content (AvgIpc) is 2.61. The number of halogens is 1. The second-order valence-electron chi connectivity index (χ2n) is 5.88. The van der Waals surface area contributed by atoms with E-state index in [1.807, 2.05) is 31.2 Å². The molecule has 0 fully saturated rings. The molecule has 0 bridgehead atoms. The smallest absolute Gasteiger partial charge is 0.781 e. The maximum Gasteiger partial charge on any atom is 1.00 e. The van der Waals surface area contributed by atoms with Gasteiger partial charge in [0.25, 0.3) is 0 Å². The Morgan fingerprint density at radius 2 is 1.96 bits per heavy atom. The standard InChI is InChI=1S/C18H23ClNO5P.Na/c1-13(20-11-18(21)15-3-2-4-16(19)10-15)9-14-5-7-17(8-6-14)24-12-25-26(22)23;/h2-8,10,13,18,20-21,26H,9,11-12H2,1H3,(H,22,23);/q;+1/p-1. The van der Waals surface area contributed by atoms with Gasteiger partial charge in [-0.25, -0.2) is 0 Å². The van der Waals surface area contributed by atoms with Crippen LogP contribution in [0.5, 0.6) is 5.75 Å². The normalized spacial score (nSPS) is 14.1. The predicted molar refractivity (Wildman–Crippen MR) is 99.6 cm³/mol. The number of nitrogens with one attached hydrogen (secondary N) is 1. The van der Waals surface area contributed by atoms with Gasteiger partial charge in [0.1, 0.15) is 14.0 Å². The molecule has 0 heterocycles. The van der Waals surface area contributed by atoms with Crippen LogP contribution in [0.2, 0.25) is 5.02 Å². The molecule has 3 unspecified atom stereocenters. The largest absolute Gasteiger partial charge is 1.00 e. The number of aliphatic hydroxyl groups excluding tert-OH is 1. The van der Waals surface area contributed by atoms with Crippen LogP contribution in [0.4, 0.5) is 0 Å². The van der Waals surface area contributed by atoms with Gasteiger partial charge in [-0.05, 0) is 48.7 Å². The molecule has 27 heavy (non-hydrogen) atoms. The molecule has 0 spiro atoms. The molecule has 0 saturated carbocycles. The van der Waals surface area contributed by atoms with E-state index in [4.69, 9.17) is 16.3 Å². The molecule has 142 valence electrons. The molecule has 3 atom stereocenters. The van der Waals surface area contributed by atoms with Gasteiger partial charge < -0.3 is 29.1 Å². The zero-order chi connectivity index (χ0) is 18.9. The van der Waals surface area contributed by atoms with Gasteiger partial charge >= 0.3 is 29.6 Å². The molecular weight excluding hydrogens is 400 g/mol. The Labute approximate surface area is 187 Å². The fourth-order valence-corrected chi connectivity index (χ4v) is 2.79. The quantitative estimate of drug-likeness (QED) is 0.311. The van der Waals surface area contributed by atoms with Crippen molar-refractivity contribution in [2.24, 2.45) is 0 Å². The fourth-order valence-electron chi connectivity index (χ4n) is 2.44.